The van der Waals surface area contributed by atoms with Crippen molar-refractivity contribution in [2.24, 2.45) is 5.92 Å². The molecule has 5 heteroatoms. The zero-order valence-electron chi connectivity index (χ0n) is 9.68. The molecule has 1 saturated carbocycles. The second-order valence-electron chi connectivity index (χ2n) is 4.26. The van der Waals surface area contributed by atoms with Crippen molar-refractivity contribution in [2.45, 2.75) is 19.8 Å². The van der Waals surface area contributed by atoms with Gasteiger partial charge in [-0.2, -0.15) is 0 Å². The fraction of sp³-hybridized carbons (Fsp3) is 0.500. The first kappa shape index (κ1) is 11.7. The van der Waals surface area contributed by atoms with Crippen LogP contribution in [-0.4, -0.2) is 35.0 Å². The number of nitrogens with zero attached hydrogens (tertiary/aromatic N) is 1. The first-order chi connectivity index (χ1) is 8.11. The average Bonchev–Trinajstić information content (AvgIpc) is 2.97. The maximum Gasteiger partial charge on any atom is 0.371 e. The molecular weight excluding hydrogens is 222 g/mol. The third-order valence-electron chi connectivity index (χ3n) is 2.87. The van der Waals surface area contributed by atoms with E-state index >= 15 is 0 Å². The van der Waals surface area contributed by atoms with Crippen molar-refractivity contribution in [3.8, 4) is 0 Å². The fourth-order valence-electron chi connectivity index (χ4n) is 1.69. The molecule has 0 radical (unpaired) electrons. The van der Waals surface area contributed by atoms with Gasteiger partial charge in [-0.1, -0.05) is 0 Å². The smallest absolute Gasteiger partial charge is 0.371 e. The molecule has 1 aliphatic rings. The molecule has 1 fully saturated rings. The van der Waals surface area contributed by atoms with Gasteiger partial charge in [0.15, 0.2) is 5.76 Å². The highest BCUT2D eigenvalue weighted by Gasteiger charge is 2.27. The zero-order chi connectivity index (χ0) is 12.4. The minimum atomic E-state index is -1.16. The number of furan rings is 1. The van der Waals surface area contributed by atoms with Crippen LogP contribution in [0.4, 0.5) is 0 Å². The predicted octanol–water partition coefficient (Wildman–Crippen LogP) is 1.85. The Hall–Kier alpha value is -1.78. The van der Waals surface area contributed by atoms with E-state index in [1.807, 2.05) is 6.92 Å². The van der Waals surface area contributed by atoms with E-state index in [-0.39, 0.29) is 17.4 Å². The summed E-state index contributed by atoms with van der Waals surface area (Å²) in [6.45, 7) is 3.25. The van der Waals surface area contributed by atoms with Crippen molar-refractivity contribution >= 4 is 11.9 Å². The number of carbonyl (C=O) groups is 2. The lowest BCUT2D eigenvalue weighted by Gasteiger charge is -2.19. The van der Waals surface area contributed by atoms with Gasteiger partial charge < -0.3 is 14.4 Å². The van der Waals surface area contributed by atoms with E-state index in [1.54, 1.807) is 4.90 Å². The van der Waals surface area contributed by atoms with E-state index in [0.717, 1.165) is 6.54 Å². The number of carbonyl (C=O) groups excluding carboxylic acids is 1. The molecule has 5 nitrogen and oxygen atoms in total. The van der Waals surface area contributed by atoms with Crippen LogP contribution in [-0.2, 0) is 0 Å². The molecule has 17 heavy (non-hydrogen) atoms. The molecule has 0 aromatic carbocycles. The van der Waals surface area contributed by atoms with E-state index in [2.05, 4.69) is 0 Å². The van der Waals surface area contributed by atoms with E-state index < -0.39 is 5.97 Å². The summed E-state index contributed by atoms with van der Waals surface area (Å²) in [7, 11) is 0. The zero-order valence-corrected chi connectivity index (χ0v) is 9.68. The lowest BCUT2D eigenvalue weighted by atomic mass is 10.3. The van der Waals surface area contributed by atoms with Gasteiger partial charge in [0.2, 0.25) is 5.76 Å². The van der Waals surface area contributed by atoms with Gasteiger partial charge in [0.1, 0.15) is 0 Å². The van der Waals surface area contributed by atoms with Crippen LogP contribution < -0.4 is 0 Å². The van der Waals surface area contributed by atoms with Crippen LogP contribution in [0.25, 0.3) is 0 Å². The van der Waals surface area contributed by atoms with Crippen LogP contribution in [0.1, 0.15) is 40.9 Å². The summed E-state index contributed by atoms with van der Waals surface area (Å²) < 4.78 is 5.00. The van der Waals surface area contributed by atoms with Gasteiger partial charge in [0.05, 0.1) is 0 Å². The third kappa shape index (κ3) is 2.67. The monoisotopic (exact) mass is 237 g/mol. The predicted molar refractivity (Wildman–Crippen MR) is 60.0 cm³/mol. The Balaban J connectivity index is 2.07. The largest absolute Gasteiger partial charge is 0.475 e. The minimum absolute atomic E-state index is 0.102. The average molecular weight is 237 g/mol. The first-order valence-corrected chi connectivity index (χ1v) is 5.74. The van der Waals surface area contributed by atoms with E-state index in [4.69, 9.17) is 9.52 Å². The van der Waals surface area contributed by atoms with Crippen molar-refractivity contribution in [2.75, 3.05) is 13.1 Å². The molecule has 1 aliphatic carbocycles. The van der Waals surface area contributed by atoms with E-state index in [9.17, 15) is 9.59 Å². The highest BCUT2D eigenvalue weighted by Crippen LogP contribution is 2.30. The molecule has 1 amide bonds. The molecule has 1 N–H and O–H groups in total. The fourth-order valence-corrected chi connectivity index (χ4v) is 1.69. The van der Waals surface area contributed by atoms with Crippen LogP contribution in [0.5, 0.6) is 0 Å². The molecule has 2 rings (SSSR count). The SMILES string of the molecule is CCN(CC1CC1)C(=O)c1ccc(C(=O)O)o1. The maximum absolute atomic E-state index is 12.0. The number of carboxylic acids is 1. The topological polar surface area (TPSA) is 70.8 Å². The lowest BCUT2D eigenvalue weighted by Crippen LogP contribution is -2.32. The van der Waals surface area contributed by atoms with E-state index in [1.165, 1.54) is 25.0 Å². The van der Waals surface area contributed by atoms with Crippen LogP contribution in [0, 0.1) is 5.92 Å². The summed E-state index contributed by atoms with van der Waals surface area (Å²) in [6, 6.07) is 2.72. The van der Waals surface area contributed by atoms with Crippen molar-refractivity contribution in [1.29, 1.82) is 0 Å². The minimum Gasteiger partial charge on any atom is -0.475 e. The molecule has 0 bridgehead atoms. The number of rotatable bonds is 5. The molecule has 0 atom stereocenters. The van der Waals surface area contributed by atoms with Crippen LogP contribution >= 0.6 is 0 Å². The first-order valence-electron chi connectivity index (χ1n) is 5.74. The Morgan fingerprint density at radius 3 is 2.53 bits per heavy atom. The van der Waals surface area contributed by atoms with Gasteiger partial charge in [-0.05, 0) is 37.8 Å². The summed E-state index contributed by atoms with van der Waals surface area (Å²) in [5.41, 5.74) is 0. The van der Waals surface area contributed by atoms with Crippen molar-refractivity contribution < 1.29 is 19.1 Å². The van der Waals surface area contributed by atoms with Gasteiger partial charge in [0, 0.05) is 13.1 Å². The Morgan fingerprint density at radius 1 is 1.41 bits per heavy atom. The normalized spacial score (nSPS) is 14.6. The number of hydrogen-bond acceptors (Lipinski definition) is 3. The Kier molecular flexibility index (Phi) is 3.17. The van der Waals surface area contributed by atoms with Gasteiger partial charge in [-0.25, -0.2) is 4.79 Å². The summed E-state index contributed by atoms with van der Waals surface area (Å²) in [5, 5.41) is 8.71. The van der Waals surface area contributed by atoms with E-state index in [0.29, 0.717) is 12.5 Å². The van der Waals surface area contributed by atoms with Crippen LogP contribution in [0.3, 0.4) is 0 Å². The highest BCUT2D eigenvalue weighted by molar-refractivity contribution is 5.93. The molecule has 0 unspecified atom stereocenters. The third-order valence-corrected chi connectivity index (χ3v) is 2.87. The van der Waals surface area contributed by atoms with Crippen LogP contribution in [0.2, 0.25) is 0 Å². The van der Waals surface area contributed by atoms with Crippen LogP contribution in [0.15, 0.2) is 16.5 Å². The second kappa shape index (κ2) is 4.61. The highest BCUT2D eigenvalue weighted by atomic mass is 16.4. The number of carboxylic acid groups (broad SMARTS) is 1. The van der Waals surface area contributed by atoms with Gasteiger partial charge in [0.25, 0.3) is 5.91 Å². The van der Waals surface area contributed by atoms with Crippen molar-refractivity contribution in [3.05, 3.63) is 23.7 Å². The quantitative estimate of drug-likeness (QED) is 0.848. The second-order valence-corrected chi connectivity index (χ2v) is 4.26. The lowest BCUT2D eigenvalue weighted by molar-refractivity contribution is 0.0649. The molecule has 1 aromatic heterocycles. The standard InChI is InChI=1S/C12H15NO4/c1-2-13(7-8-3-4-8)11(14)9-5-6-10(17-9)12(15)16/h5-6,8H,2-4,7H2,1H3,(H,15,16). The van der Waals surface area contributed by atoms with Gasteiger partial charge in [-0.15, -0.1) is 0 Å². The molecule has 0 saturated heterocycles. The van der Waals surface area contributed by atoms with Gasteiger partial charge in [-0.3, -0.25) is 4.79 Å². The number of aromatic carboxylic acids is 1. The van der Waals surface area contributed by atoms with Crippen molar-refractivity contribution in [1.82, 2.24) is 4.90 Å². The Bertz CT molecular complexity index is 433. The Labute approximate surface area is 99.0 Å². The maximum atomic E-state index is 12.0. The molecule has 0 spiro atoms. The summed E-state index contributed by atoms with van der Waals surface area (Å²) in [5.74, 6) is -0.880. The molecular formula is C12H15NO4. The number of hydrogen-bond donors (Lipinski definition) is 1. The summed E-state index contributed by atoms with van der Waals surface area (Å²) in [6.07, 6.45) is 2.34. The molecule has 0 aliphatic heterocycles. The molecule has 1 aromatic rings. The molecule has 1 heterocycles. The summed E-state index contributed by atoms with van der Waals surface area (Å²) >= 11 is 0. The Morgan fingerprint density at radius 2 is 2.06 bits per heavy atom. The summed E-state index contributed by atoms with van der Waals surface area (Å²) in [4.78, 5) is 24.4. The van der Waals surface area contributed by atoms with Crippen molar-refractivity contribution in [3.63, 3.8) is 0 Å². The number of amides is 1. The van der Waals surface area contributed by atoms with Gasteiger partial charge >= 0.3 is 5.97 Å². The molecule has 92 valence electrons.